The summed E-state index contributed by atoms with van der Waals surface area (Å²) in [5, 5.41) is 0. The first-order chi connectivity index (χ1) is 11.7. The van der Waals surface area contributed by atoms with Gasteiger partial charge in [0.25, 0.3) is 5.88 Å². The summed E-state index contributed by atoms with van der Waals surface area (Å²) in [6.45, 7) is 4.39. The van der Waals surface area contributed by atoms with E-state index >= 15 is 0 Å². The quantitative estimate of drug-likeness (QED) is 0.849. The van der Waals surface area contributed by atoms with Gasteiger partial charge in [-0.05, 0) is 31.9 Å². The Morgan fingerprint density at radius 2 is 2.33 bits per heavy atom. The van der Waals surface area contributed by atoms with Crippen LogP contribution in [0.3, 0.4) is 0 Å². The smallest absolute Gasteiger partial charge is 0.250 e. The summed E-state index contributed by atoms with van der Waals surface area (Å²) in [5.74, 6) is -0.357. The normalized spacial score (nSPS) is 27.2. The first kappa shape index (κ1) is 15.9. The first-order valence-corrected chi connectivity index (χ1v) is 9.12. The Morgan fingerprint density at radius 3 is 3.12 bits per heavy atom. The van der Waals surface area contributed by atoms with Crippen molar-refractivity contribution in [1.82, 2.24) is 14.9 Å². The molecule has 3 atom stereocenters. The van der Waals surface area contributed by atoms with Crippen LogP contribution in [0.25, 0.3) is 0 Å². The minimum atomic E-state index is -0.425. The molecule has 5 nitrogen and oxygen atoms in total. The number of rotatable bonds is 4. The zero-order chi connectivity index (χ0) is 16.5. The number of fused-ring (bicyclic) bond motifs is 2. The molecule has 0 amide bonds. The summed E-state index contributed by atoms with van der Waals surface area (Å²) in [5.41, 5.74) is 2.96. The largest absolute Gasteiger partial charge is 0.468 e. The Hall–Kier alpha value is -1.57. The fourth-order valence-corrected chi connectivity index (χ4v) is 4.37. The standard InChI is InChI=1S/C17H20FN3O2S/c1-11-15(24-10-20-11)9-21-7-8-22-14-5-4-13(21)16(14)23-17-12(18)3-2-6-19-17/h2-3,6,10,13-14,16H,4-5,7-9H2,1H3/t13-,14-,16+/m0/s1. The molecule has 1 saturated heterocycles. The Labute approximate surface area is 144 Å². The highest BCUT2D eigenvalue weighted by molar-refractivity contribution is 7.09. The van der Waals surface area contributed by atoms with Gasteiger partial charge in [0, 0.05) is 30.2 Å². The van der Waals surface area contributed by atoms with Gasteiger partial charge in [-0.2, -0.15) is 0 Å². The van der Waals surface area contributed by atoms with Crippen molar-refractivity contribution in [2.45, 2.75) is 44.6 Å². The highest BCUT2D eigenvalue weighted by atomic mass is 32.1. The van der Waals surface area contributed by atoms with Crippen molar-refractivity contribution >= 4 is 11.3 Å². The van der Waals surface area contributed by atoms with Gasteiger partial charge < -0.3 is 9.47 Å². The zero-order valence-electron chi connectivity index (χ0n) is 13.5. The highest BCUT2D eigenvalue weighted by Gasteiger charge is 2.44. The number of hydrogen-bond donors (Lipinski definition) is 0. The monoisotopic (exact) mass is 349 g/mol. The van der Waals surface area contributed by atoms with Crippen molar-refractivity contribution in [3.63, 3.8) is 0 Å². The Bertz CT molecular complexity index is 711. The van der Waals surface area contributed by atoms with Crippen molar-refractivity contribution in [2.75, 3.05) is 13.2 Å². The molecule has 0 spiro atoms. The van der Waals surface area contributed by atoms with Crippen LogP contribution in [-0.2, 0) is 11.3 Å². The minimum Gasteiger partial charge on any atom is -0.468 e. The lowest BCUT2D eigenvalue weighted by atomic mass is 10.1. The third-order valence-electron chi connectivity index (χ3n) is 4.84. The van der Waals surface area contributed by atoms with Gasteiger partial charge in [-0.15, -0.1) is 11.3 Å². The second-order valence-electron chi connectivity index (χ2n) is 6.26. The van der Waals surface area contributed by atoms with E-state index in [2.05, 4.69) is 14.9 Å². The number of hydrogen-bond acceptors (Lipinski definition) is 6. The van der Waals surface area contributed by atoms with E-state index in [0.717, 1.165) is 31.6 Å². The molecule has 2 fully saturated rings. The predicted octanol–water partition coefficient (Wildman–Crippen LogP) is 2.80. The molecule has 0 radical (unpaired) electrons. The van der Waals surface area contributed by atoms with Crippen molar-refractivity contribution in [1.29, 1.82) is 0 Å². The lowest BCUT2D eigenvalue weighted by Gasteiger charge is -2.30. The molecule has 2 aliphatic rings. The summed E-state index contributed by atoms with van der Waals surface area (Å²) in [6, 6.07) is 3.15. The van der Waals surface area contributed by atoms with Crippen LogP contribution in [0.5, 0.6) is 5.88 Å². The van der Waals surface area contributed by atoms with Crippen LogP contribution < -0.4 is 4.74 Å². The number of ether oxygens (including phenoxy) is 2. The summed E-state index contributed by atoms with van der Waals surface area (Å²) in [7, 11) is 0. The van der Waals surface area contributed by atoms with Crippen LogP contribution >= 0.6 is 11.3 Å². The lowest BCUT2D eigenvalue weighted by Crippen LogP contribution is -2.44. The van der Waals surface area contributed by atoms with Crippen LogP contribution in [0.15, 0.2) is 23.8 Å². The topological polar surface area (TPSA) is 47.5 Å². The van der Waals surface area contributed by atoms with Crippen LogP contribution in [0.1, 0.15) is 23.4 Å². The number of halogens is 1. The van der Waals surface area contributed by atoms with E-state index in [1.54, 1.807) is 23.6 Å². The maximum absolute atomic E-state index is 13.9. The fourth-order valence-electron chi connectivity index (χ4n) is 3.57. The van der Waals surface area contributed by atoms with Gasteiger partial charge in [0.1, 0.15) is 6.10 Å². The molecule has 0 N–H and O–H groups in total. The van der Waals surface area contributed by atoms with E-state index in [0.29, 0.717) is 6.61 Å². The molecule has 24 heavy (non-hydrogen) atoms. The van der Waals surface area contributed by atoms with Gasteiger partial charge in [-0.1, -0.05) is 0 Å². The van der Waals surface area contributed by atoms with Crippen LogP contribution in [0.2, 0.25) is 0 Å². The van der Waals surface area contributed by atoms with Gasteiger partial charge >= 0.3 is 0 Å². The van der Waals surface area contributed by atoms with Gasteiger partial charge in [0.05, 0.1) is 23.9 Å². The lowest BCUT2D eigenvalue weighted by molar-refractivity contribution is 0.000146. The molecular formula is C17H20FN3O2S. The molecular weight excluding hydrogens is 329 g/mol. The van der Waals surface area contributed by atoms with E-state index in [1.807, 2.05) is 12.4 Å². The molecule has 1 saturated carbocycles. The third-order valence-corrected chi connectivity index (χ3v) is 5.76. The Balaban J connectivity index is 1.55. The van der Waals surface area contributed by atoms with Crippen LogP contribution in [0, 0.1) is 12.7 Å². The van der Waals surface area contributed by atoms with E-state index in [9.17, 15) is 4.39 Å². The van der Waals surface area contributed by atoms with E-state index in [-0.39, 0.29) is 24.1 Å². The molecule has 1 aliphatic heterocycles. The van der Waals surface area contributed by atoms with Crippen molar-refractivity contribution in [2.24, 2.45) is 0 Å². The molecule has 0 unspecified atom stereocenters. The van der Waals surface area contributed by atoms with Crippen LogP contribution in [-0.4, -0.2) is 46.3 Å². The van der Waals surface area contributed by atoms with Gasteiger partial charge in [0.15, 0.2) is 5.82 Å². The molecule has 0 aromatic carbocycles. The molecule has 2 bridgehead atoms. The number of aryl methyl sites for hydroxylation is 1. The van der Waals surface area contributed by atoms with Gasteiger partial charge in [-0.3, -0.25) is 4.90 Å². The fraction of sp³-hybridized carbons (Fsp3) is 0.529. The SMILES string of the molecule is Cc1ncsc1CN1CCO[C@H]2CC[C@H]1[C@H]2Oc1ncccc1F. The molecule has 7 heteroatoms. The average Bonchev–Trinajstić information content (AvgIpc) is 3.09. The second kappa shape index (κ2) is 6.74. The average molecular weight is 349 g/mol. The maximum atomic E-state index is 13.9. The number of thiazole rings is 1. The van der Waals surface area contributed by atoms with E-state index in [1.165, 1.54) is 10.9 Å². The molecule has 128 valence electrons. The summed E-state index contributed by atoms with van der Waals surface area (Å²) in [4.78, 5) is 12.0. The van der Waals surface area contributed by atoms with E-state index < -0.39 is 5.82 Å². The Kier molecular flexibility index (Phi) is 4.47. The molecule has 3 heterocycles. The van der Waals surface area contributed by atoms with Crippen molar-refractivity contribution < 1.29 is 13.9 Å². The summed E-state index contributed by atoms with van der Waals surface area (Å²) >= 11 is 1.68. The molecule has 4 rings (SSSR count). The first-order valence-electron chi connectivity index (χ1n) is 8.24. The Morgan fingerprint density at radius 1 is 1.42 bits per heavy atom. The predicted molar refractivity (Wildman–Crippen MR) is 88.6 cm³/mol. The zero-order valence-corrected chi connectivity index (χ0v) is 14.3. The maximum Gasteiger partial charge on any atom is 0.250 e. The number of nitrogens with zero attached hydrogens (tertiary/aromatic N) is 3. The number of aromatic nitrogens is 2. The summed E-state index contributed by atoms with van der Waals surface area (Å²) < 4.78 is 25.9. The van der Waals surface area contributed by atoms with Gasteiger partial charge in [0.2, 0.25) is 0 Å². The van der Waals surface area contributed by atoms with Crippen molar-refractivity contribution in [3.8, 4) is 5.88 Å². The molecule has 2 aromatic heterocycles. The third kappa shape index (κ3) is 3.03. The number of pyridine rings is 1. The van der Waals surface area contributed by atoms with Crippen LogP contribution in [0.4, 0.5) is 4.39 Å². The van der Waals surface area contributed by atoms with Crippen molar-refractivity contribution in [3.05, 3.63) is 40.2 Å². The summed E-state index contributed by atoms with van der Waals surface area (Å²) in [6.07, 6.45) is 3.29. The van der Waals surface area contributed by atoms with Gasteiger partial charge in [-0.25, -0.2) is 14.4 Å². The molecule has 2 aromatic rings. The minimum absolute atomic E-state index is 0.00367. The molecule has 1 aliphatic carbocycles. The van der Waals surface area contributed by atoms with E-state index in [4.69, 9.17) is 9.47 Å². The second-order valence-corrected chi connectivity index (χ2v) is 7.20. The highest BCUT2D eigenvalue weighted by Crippen LogP contribution is 2.34.